The second kappa shape index (κ2) is 7.26. The first kappa shape index (κ1) is 14.8. The smallest absolute Gasteiger partial charge is 0.317 e. The van der Waals surface area contributed by atoms with E-state index in [4.69, 9.17) is 5.73 Å². The zero-order chi connectivity index (χ0) is 14.4. The number of urea groups is 1. The molecule has 0 unspecified atom stereocenters. The van der Waals surface area contributed by atoms with Gasteiger partial charge in [-0.25, -0.2) is 4.79 Å². The van der Waals surface area contributed by atoms with Crippen LogP contribution in [0.5, 0.6) is 0 Å². The number of nitrogens with one attached hydrogen (secondary N) is 1. The van der Waals surface area contributed by atoms with E-state index in [1.54, 1.807) is 0 Å². The monoisotopic (exact) mass is 276 g/mol. The van der Waals surface area contributed by atoms with Gasteiger partial charge in [-0.05, 0) is 12.5 Å². The molecule has 0 radical (unpaired) electrons. The number of carbonyl (C=O) groups is 1. The van der Waals surface area contributed by atoms with Gasteiger partial charge in [-0.15, -0.1) is 0 Å². The van der Waals surface area contributed by atoms with Gasteiger partial charge >= 0.3 is 6.03 Å². The van der Waals surface area contributed by atoms with Gasteiger partial charge in [0.05, 0.1) is 0 Å². The molecule has 1 aliphatic rings. The van der Waals surface area contributed by atoms with Crippen LogP contribution >= 0.6 is 0 Å². The molecule has 110 valence electrons. The van der Waals surface area contributed by atoms with Crippen molar-refractivity contribution in [1.29, 1.82) is 0 Å². The summed E-state index contributed by atoms with van der Waals surface area (Å²) in [6.45, 7) is 7.62. The fourth-order valence-electron chi connectivity index (χ4n) is 2.35. The fourth-order valence-corrected chi connectivity index (χ4v) is 2.35. The minimum atomic E-state index is 0.0259. The maximum Gasteiger partial charge on any atom is 0.317 e. The molecule has 0 aliphatic carbocycles. The summed E-state index contributed by atoms with van der Waals surface area (Å²) in [6.07, 6.45) is 0. The van der Waals surface area contributed by atoms with Gasteiger partial charge in [0, 0.05) is 45.8 Å². The number of aryl methyl sites for hydroxylation is 1. The molecule has 1 aromatic rings. The van der Waals surface area contributed by atoms with Crippen molar-refractivity contribution in [1.82, 2.24) is 15.1 Å². The minimum Gasteiger partial charge on any atom is -0.334 e. The number of benzene rings is 1. The second-order valence-corrected chi connectivity index (χ2v) is 5.26. The van der Waals surface area contributed by atoms with E-state index in [2.05, 4.69) is 41.4 Å². The lowest BCUT2D eigenvalue weighted by molar-refractivity contribution is 0.141. The molecule has 0 atom stereocenters. The highest BCUT2D eigenvalue weighted by Gasteiger charge is 2.20. The van der Waals surface area contributed by atoms with E-state index >= 15 is 0 Å². The normalized spacial score (nSPS) is 16.2. The zero-order valence-electron chi connectivity index (χ0n) is 12.1. The summed E-state index contributed by atoms with van der Waals surface area (Å²) in [5.74, 6) is 0. The summed E-state index contributed by atoms with van der Waals surface area (Å²) in [5.41, 5.74) is 7.90. The fraction of sp³-hybridized carbons (Fsp3) is 0.533. The van der Waals surface area contributed by atoms with Crippen LogP contribution in [-0.2, 0) is 6.54 Å². The highest BCUT2D eigenvalue weighted by molar-refractivity contribution is 5.74. The third-order valence-corrected chi connectivity index (χ3v) is 3.67. The molecule has 0 aromatic heterocycles. The topological polar surface area (TPSA) is 61.6 Å². The van der Waals surface area contributed by atoms with Crippen molar-refractivity contribution >= 4 is 6.03 Å². The standard InChI is InChI=1S/C15H24N4O/c1-13-2-4-14(5-3-13)12-17-15(20)19-10-8-18(7-6-16)9-11-19/h2-5H,6-12,16H2,1H3,(H,17,20). The number of rotatable bonds is 4. The highest BCUT2D eigenvalue weighted by atomic mass is 16.2. The highest BCUT2D eigenvalue weighted by Crippen LogP contribution is 2.04. The predicted molar refractivity (Wildman–Crippen MR) is 80.5 cm³/mol. The van der Waals surface area contributed by atoms with Gasteiger partial charge in [-0.3, -0.25) is 4.90 Å². The Morgan fingerprint density at radius 1 is 1.20 bits per heavy atom. The van der Waals surface area contributed by atoms with Gasteiger partial charge in [-0.2, -0.15) is 0 Å². The van der Waals surface area contributed by atoms with Crippen LogP contribution in [0.15, 0.2) is 24.3 Å². The molecule has 1 aromatic carbocycles. The van der Waals surface area contributed by atoms with Crippen LogP contribution in [0.25, 0.3) is 0 Å². The molecule has 2 amide bonds. The largest absolute Gasteiger partial charge is 0.334 e. The molecule has 1 aliphatic heterocycles. The Morgan fingerprint density at radius 3 is 2.45 bits per heavy atom. The van der Waals surface area contributed by atoms with E-state index in [1.165, 1.54) is 5.56 Å². The van der Waals surface area contributed by atoms with Gasteiger partial charge < -0.3 is 16.0 Å². The summed E-state index contributed by atoms with van der Waals surface area (Å²) in [5, 5.41) is 2.98. The molecule has 5 nitrogen and oxygen atoms in total. The summed E-state index contributed by atoms with van der Waals surface area (Å²) >= 11 is 0. The van der Waals surface area contributed by atoms with Crippen molar-refractivity contribution < 1.29 is 4.79 Å². The molecule has 3 N–H and O–H groups in total. The molecule has 0 bridgehead atoms. The molecule has 5 heteroatoms. The lowest BCUT2D eigenvalue weighted by atomic mass is 10.1. The van der Waals surface area contributed by atoms with E-state index in [-0.39, 0.29) is 6.03 Å². The third-order valence-electron chi connectivity index (χ3n) is 3.67. The van der Waals surface area contributed by atoms with E-state index in [9.17, 15) is 4.79 Å². The molecule has 1 heterocycles. The molecule has 0 spiro atoms. The first-order valence-corrected chi connectivity index (χ1v) is 7.20. The van der Waals surface area contributed by atoms with Crippen LogP contribution < -0.4 is 11.1 Å². The Kier molecular flexibility index (Phi) is 5.38. The lowest BCUT2D eigenvalue weighted by Crippen LogP contribution is -2.52. The molecular weight excluding hydrogens is 252 g/mol. The van der Waals surface area contributed by atoms with Crippen molar-refractivity contribution in [3.05, 3.63) is 35.4 Å². The maximum absolute atomic E-state index is 12.1. The Bertz CT molecular complexity index is 424. The Hall–Kier alpha value is -1.59. The van der Waals surface area contributed by atoms with Gasteiger partial charge in [0.15, 0.2) is 0 Å². The average molecular weight is 276 g/mol. The quantitative estimate of drug-likeness (QED) is 0.854. The number of amides is 2. The van der Waals surface area contributed by atoms with Crippen molar-refractivity contribution in [2.45, 2.75) is 13.5 Å². The van der Waals surface area contributed by atoms with Crippen LogP contribution in [0.3, 0.4) is 0 Å². The van der Waals surface area contributed by atoms with Gasteiger partial charge in [0.25, 0.3) is 0 Å². The number of hydrogen-bond acceptors (Lipinski definition) is 3. The minimum absolute atomic E-state index is 0.0259. The van der Waals surface area contributed by atoms with E-state index < -0.39 is 0 Å². The molecule has 1 saturated heterocycles. The van der Waals surface area contributed by atoms with Crippen molar-refractivity contribution in [3.8, 4) is 0 Å². The van der Waals surface area contributed by atoms with Crippen LogP contribution in [0.4, 0.5) is 4.79 Å². The second-order valence-electron chi connectivity index (χ2n) is 5.26. The van der Waals surface area contributed by atoms with E-state index in [0.717, 1.165) is 38.3 Å². The number of nitrogens with zero attached hydrogens (tertiary/aromatic N) is 2. The zero-order valence-corrected chi connectivity index (χ0v) is 12.1. The van der Waals surface area contributed by atoms with Gasteiger partial charge in [0.1, 0.15) is 0 Å². The predicted octanol–water partition coefficient (Wildman–Crippen LogP) is 0.781. The average Bonchev–Trinajstić information content (AvgIpc) is 2.47. The maximum atomic E-state index is 12.1. The molecular formula is C15H24N4O. The van der Waals surface area contributed by atoms with Crippen LogP contribution in [-0.4, -0.2) is 55.1 Å². The molecule has 0 saturated carbocycles. The van der Waals surface area contributed by atoms with Gasteiger partial charge in [-0.1, -0.05) is 29.8 Å². The molecule has 1 fully saturated rings. The third kappa shape index (κ3) is 4.21. The van der Waals surface area contributed by atoms with Crippen molar-refractivity contribution in [2.75, 3.05) is 39.3 Å². The van der Waals surface area contributed by atoms with Crippen LogP contribution in [0, 0.1) is 6.92 Å². The SMILES string of the molecule is Cc1ccc(CNC(=O)N2CCN(CCN)CC2)cc1. The summed E-state index contributed by atoms with van der Waals surface area (Å²) in [4.78, 5) is 16.2. The molecule has 2 rings (SSSR count). The Balaban J connectivity index is 1.74. The number of carbonyl (C=O) groups excluding carboxylic acids is 1. The Labute approximate surface area is 120 Å². The number of nitrogens with two attached hydrogens (primary N) is 1. The molecule has 20 heavy (non-hydrogen) atoms. The summed E-state index contributed by atoms with van der Waals surface area (Å²) < 4.78 is 0. The summed E-state index contributed by atoms with van der Waals surface area (Å²) in [6, 6.07) is 8.25. The number of hydrogen-bond donors (Lipinski definition) is 2. The van der Waals surface area contributed by atoms with Crippen molar-refractivity contribution in [2.24, 2.45) is 5.73 Å². The number of piperazine rings is 1. The van der Waals surface area contributed by atoms with Crippen LogP contribution in [0.1, 0.15) is 11.1 Å². The van der Waals surface area contributed by atoms with Crippen LogP contribution in [0.2, 0.25) is 0 Å². The first-order valence-electron chi connectivity index (χ1n) is 7.20. The van der Waals surface area contributed by atoms with E-state index in [0.29, 0.717) is 13.1 Å². The van der Waals surface area contributed by atoms with E-state index in [1.807, 2.05) is 4.90 Å². The van der Waals surface area contributed by atoms with Crippen molar-refractivity contribution in [3.63, 3.8) is 0 Å². The first-order chi connectivity index (χ1) is 9.69. The summed E-state index contributed by atoms with van der Waals surface area (Å²) in [7, 11) is 0. The van der Waals surface area contributed by atoms with Gasteiger partial charge in [0.2, 0.25) is 0 Å². The lowest BCUT2D eigenvalue weighted by Gasteiger charge is -2.34. The Morgan fingerprint density at radius 2 is 1.85 bits per heavy atom.